The normalized spacial score (nSPS) is 15.3. The molecule has 0 unspecified atom stereocenters. The quantitative estimate of drug-likeness (QED) is 0.751. The summed E-state index contributed by atoms with van der Waals surface area (Å²) in [5.74, 6) is 0. The van der Waals surface area contributed by atoms with Gasteiger partial charge in [-0.3, -0.25) is 0 Å². The fraction of sp³-hybridized carbons (Fsp3) is 0.667. The Labute approximate surface area is 138 Å². The highest BCUT2D eigenvalue weighted by atomic mass is 35.5. The lowest BCUT2D eigenvalue weighted by Gasteiger charge is -2.39. The first-order valence-electron chi connectivity index (χ1n) is 7.15. The zero-order valence-electron chi connectivity index (χ0n) is 13.7. The van der Waals surface area contributed by atoms with Crippen molar-refractivity contribution < 1.29 is 9.53 Å². The zero-order chi connectivity index (χ0) is 16.3. The van der Waals surface area contributed by atoms with Gasteiger partial charge in [0, 0.05) is 23.4 Å². The maximum atomic E-state index is 9.29. The molecule has 0 fully saturated rings. The summed E-state index contributed by atoms with van der Waals surface area (Å²) >= 11 is 8.03. The highest BCUT2D eigenvalue weighted by Gasteiger charge is 2.39. The Morgan fingerprint density at radius 1 is 1.52 bits per heavy atom. The molecule has 0 aliphatic rings. The number of aromatic nitrogens is 1. The van der Waals surface area contributed by atoms with Crippen LogP contribution >= 0.6 is 22.9 Å². The summed E-state index contributed by atoms with van der Waals surface area (Å²) in [5.41, 5.74) is 0.851. The molecule has 0 aliphatic carbocycles. The summed E-state index contributed by atoms with van der Waals surface area (Å²) in [5, 5.41) is 13.0. The van der Waals surface area contributed by atoms with Crippen molar-refractivity contribution in [3.05, 3.63) is 21.1 Å². The van der Waals surface area contributed by atoms with Gasteiger partial charge in [0.1, 0.15) is 0 Å². The summed E-state index contributed by atoms with van der Waals surface area (Å²) in [6, 6.07) is 0. The average Bonchev–Trinajstić information content (AvgIpc) is 2.72. The van der Waals surface area contributed by atoms with Gasteiger partial charge in [-0.2, -0.15) is 0 Å². The van der Waals surface area contributed by atoms with Gasteiger partial charge in [-0.25, -0.2) is 4.98 Å². The monoisotopic (exact) mass is 347 g/mol. The molecule has 0 aliphatic heterocycles. The minimum Gasteiger partial charge on any atom is -0.409 e. The maximum Gasteiger partial charge on any atom is 0.192 e. The lowest BCUT2D eigenvalue weighted by molar-refractivity contribution is 0.172. The standard InChI is InChI=1S/C15H26ClNO2SSi/c1-11-17-12(10-20-11)9-13(16)14(7-8-18)19-21(5,6)15(2,3)4/h9-10,14,18H,7-8H2,1-6H3/t14-/m0/s1. The van der Waals surface area contributed by atoms with E-state index in [1.165, 1.54) is 0 Å². The van der Waals surface area contributed by atoms with Crippen LogP contribution in [0.2, 0.25) is 18.1 Å². The van der Waals surface area contributed by atoms with E-state index in [2.05, 4.69) is 38.8 Å². The van der Waals surface area contributed by atoms with Crippen LogP contribution in [0, 0.1) is 6.92 Å². The molecule has 0 radical (unpaired) electrons. The molecule has 0 aromatic carbocycles. The lowest BCUT2D eigenvalue weighted by atomic mass is 10.2. The van der Waals surface area contributed by atoms with Gasteiger partial charge in [0.2, 0.25) is 0 Å². The van der Waals surface area contributed by atoms with E-state index in [9.17, 15) is 5.11 Å². The molecule has 1 heterocycles. The Morgan fingerprint density at radius 2 is 2.14 bits per heavy atom. The Morgan fingerprint density at radius 3 is 2.57 bits per heavy atom. The third-order valence-corrected chi connectivity index (χ3v) is 9.49. The zero-order valence-corrected chi connectivity index (χ0v) is 16.3. The maximum absolute atomic E-state index is 9.29. The first kappa shape index (κ1) is 18.8. The number of hydrogen-bond acceptors (Lipinski definition) is 4. The van der Waals surface area contributed by atoms with Crippen LogP contribution in [0.1, 0.15) is 37.9 Å². The van der Waals surface area contributed by atoms with Crippen LogP contribution in [0.3, 0.4) is 0 Å². The van der Waals surface area contributed by atoms with Gasteiger partial charge >= 0.3 is 0 Å². The number of thiazole rings is 1. The first-order chi connectivity index (χ1) is 9.56. The minimum atomic E-state index is -1.93. The molecule has 0 amide bonds. The van der Waals surface area contributed by atoms with E-state index in [0.29, 0.717) is 11.5 Å². The van der Waals surface area contributed by atoms with Gasteiger partial charge < -0.3 is 9.53 Å². The van der Waals surface area contributed by atoms with Crippen molar-refractivity contribution in [2.24, 2.45) is 0 Å². The highest BCUT2D eigenvalue weighted by Crippen LogP contribution is 2.39. The number of halogens is 1. The SMILES string of the molecule is Cc1nc(C=C(Cl)[C@H](CCO)O[Si](C)(C)C(C)(C)C)cs1. The van der Waals surface area contributed by atoms with Gasteiger partial charge in [-0.05, 0) is 31.1 Å². The number of hydrogen-bond donors (Lipinski definition) is 1. The predicted octanol–water partition coefficient (Wildman–Crippen LogP) is 4.80. The van der Waals surface area contributed by atoms with Crippen molar-refractivity contribution >= 4 is 37.3 Å². The van der Waals surface area contributed by atoms with Crippen LogP contribution < -0.4 is 0 Å². The fourth-order valence-corrected chi connectivity index (χ4v) is 3.80. The average molecular weight is 348 g/mol. The second kappa shape index (κ2) is 7.37. The molecule has 21 heavy (non-hydrogen) atoms. The first-order valence-corrected chi connectivity index (χ1v) is 11.3. The van der Waals surface area contributed by atoms with Gasteiger partial charge in [-0.1, -0.05) is 32.4 Å². The molecule has 0 spiro atoms. The fourth-order valence-electron chi connectivity index (χ4n) is 1.58. The van der Waals surface area contributed by atoms with Gasteiger partial charge in [0.15, 0.2) is 8.32 Å². The molecule has 3 nitrogen and oxygen atoms in total. The lowest BCUT2D eigenvalue weighted by Crippen LogP contribution is -2.44. The molecule has 1 N–H and O–H groups in total. The molecule has 1 atom stereocenters. The van der Waals surface area contributed by atoms with Crippen LogP contribution in [0.25, 0.3) is 6.08 Å². The third-order valence-electron chi connectivity index (χ3n) is 3.86. The minimum absolute atomic E-state index is 0.0550. The van der Waals surface area contributed by atoms with Gasteiger partial charge in [0.05, 0.1) is 16.8 Å². The Balaban J connectivity index is 2.93. The number of aliphatic hydroxyl groups is 1. The van der Waals surface area contributed by atoms with Crippen molar-refractivity contribution in [2.45, 2.75) is 58.4 Å². The smallest absolute Gasteiger partial charge is 0.192 e. The largest absolute Gasteiger partial charge is 0.409 e. The van der Waals surface area contributed by atoms with E-state index in [4.69, 9.17) is 16.0 Å². The van der Waals surface area contributed by atoms with Crippen molar-refractivity contribution in [2.75, 3.05) is 6.61 Å². The van der Waals surface area contributed by atoms with E-state index >= 15 is 0 Å². The Kier molecular flexibility index (Phi) is 6.62. The Hall–Kier alpha value is -0.203. The molecule has 120 valence electrons. The molecular weight excluding hydrogens is 322 g/mol. The molecule has 0 saturated carbocycles. The summed E-state index contributed by atoms with van der Waals surface area (Å²) in [6.45, 7) is 13.0. The van der Waals surface area contributed by atoms with Crippen LogP contribution in [0.4, 0.5) is 0 Å². The summed E-state index contributed by atoms with van der Waals surface area (Å²) in [7, 11) is -1.93. The van der Waals surface area contributed by atoms with E-state index in [1.54, 1.807) is 11.3 Å². The summed E-state index contributed by atoms with van der Waals surface area (Å²) < 4.78 is 6.34. The van der Waals surface area contributed by atoms with Gasteiger partial charge in [0.25, 0.3) is 0 Å². The van der Waals surface area contributed by atoms with E-state index in [1.807, 2.05) is 18.4 Å². The topological polar surface area (TPSA) is 42.4 Å². The molecule has 0 bridgehead atoms. The summed E-state index contributed by atoms with van der Waals surface area (Å²) in [6.07, 6.45) is 2.09. The number of aryl methyl sites for hydroxylation is 1. The second-order valence-corrected chi connectivity index (χ2v) is 13.0. The number of nitrogens with zero attached hydrogens (tertiary/aromatic N) is 1. The third kappa shape index (κ3) is 5.49. The predicted molar refractivity (Wildman–Crippen MR) is 94.5 cm³/mol. The van der Waals surface area contributed by atoms with Crippen LogP contribution in [-0.4, -0.2) is 31.1 Å². The summed E-state index contributed by atoms with van der Waals surface area (Å²) in [4.78, 5) is 4.39. The van der Waals surface area contributed by atoms with E-state index < -0.39 is 8.32 Å². The van der Waals surface area contributed by atoms with Crippen molar-refractivity contribution in [1.29, 1.82) is 0 Å². The molecule has 6 heteroatoms. The number of rotatable bonds is 6. The Bertz CT molecular complexity index is 494. The van der Waals surface area contributed by atoms with Crippen molar-refractivity contribution in [3.8, 4) is 0 Å². The van der Waals surface area contributed by atoms with Crippen LogP contribution in [0.5, 0.6) is 0 Å². The molecule has 1 aromatic heterocycles. The molecule has 1 aromatic rings. The highest BCUT2D eigenvalue weighted by molar-refractivity contribution is 7.09. The van der Waals surface area contributed by atoms with Crippen molar-refractivity contribution in [3.63, 3.8) is 0 Å². The molecular formula is C15H26ClNO2SSi. The molecule has 0 saturated heterocycles. The van der Waals surface area contributed by atoms with Crippen LogP contribution in [0.15, 0.2) is 10.4 Å². The molecule has 1 rings (SSSR count). The number of aliphatic hydroxyl groups excluding tert-OH is 1. The van der Waals surface area contributed by atoms with Crippen molar-refractivity contribution in [1.82, 2.24) is 4.98 Å². The van der Waals surface area contributed by atoms with E-state index in [0.717, 1.165) is 10.7 Å². The van der Waals surface area contributed by atoms with Gasteiger partial charge in [-0.15, -0.1) is 11.3 Å². The van der Waals surface area contributed by atoms with Crippen LogP contribution in [-0.2, 0) is 4.43 Å². The second-order valence-electron chi connectivity index (χ2n) is 6.70. The van der Waals surface area contributed by atoms with E-state index in [-0.39, 0.29) is 17.7 Å².